The molecular formula is C20H18N4O2. The lowest BCUT2D eigenvalue weighted by molar-refractivity contribution is 0.252. The lowest BCUT2D eigenvalue weighted by atomic mass is 10.2. The van der Waals surface area contributed by atoms with Crippen molar-refractivity contribution in [2.45, 2.75) is 19.8 Å². The van der Waals surface area contributed by atoms with E-state index < -0.39 is 0 Å². The van der Waals surface area contributed by atoms with Gasteiger partial charge >= 0.3 is 0 Å². The number of azide groups is 1. The van der Waals surface area contributed by atoms with E-state index in [1.165, 1.54) is 0 Å². The predicted octanol–water partition coefficient (Wildman–Crippen LogP) is 5.05. The summed E-state index contributed by atoms with van der Waals surface area (Å²) in [6, 6.07) is 21.4. The van der Waals surface area contributed by atoms with Gasteiger partial charge in [-0.25, -0.2) is 0 Å². The predicted molar refractivity (Wildman–Crippen MR) is 98.6 cm³/mol. The Hall–Kier alpha value is -3.50. The third-order valence-electron chi connectivity index (χ3n) is 3.69. The molecule has 1 aromatic heterocycles. The van der Waals surface area contributed by atoms with Gasteiger partial charge in [0.2, 0.25) is 0 Å². The van der Waals surface area contributed by atoms with E-state index >= 15 is 0 Å². The average Bonchev–Trinajstić information content (AvgIpc) is 2.71. The first-order chi connectivity index (χ1) is 12.9. The Labute approximate surface area is 151 Å². The lowest BCUT2D eigenvalue weighted by Crippen LogP contribution is -2.04. The van der Waals surface area contributed by atoms with Crippen molar-refractivity contribution >= 4 is 0 Å². The van der Waals surface area contributed by atoms with E-state index in [4.69, 9.17) is 15.0 Å². The van der Waals surface area contributed by atoms with Gasteiger partial charge in [-0.3, -0.25) is 4.98 Å². The maximum Gasteiger partial charge on any atom is 0.183 e. The van der Waals surface area contributed by atoms with Crippen LogP contribution in [0.4, 0.5) is 0 Å². The molecule has 0 aliphatic heterocycles. The normalized spacial score (nSPS) is 10.0. The topological polar surface area (TPSA) is 80.1 Å². The van der Waals surface area contributed by atoms with E-state index in [2.05, 4.69) is 15.0 Å². The zero-order valence-electron chi connectivity index (χ0n) is 14.2. The second kappa shape index (κ2) is 9.11. The number of rotatable bonds is 8. The van der Waals surface area contributed by atoms with Crippen LogP contribution < -0.4 is 9.47 Å². The van der Waals surface area contributed by atoms with Crippen molar-refractivity contribution in [1.82, 2.24) is 4.98 Å². The number of nitrogens with zero attached hydrogens (tertiary/aromatic N) is 4. The Kier molecular flexibility index (Phi) is 6.07. The highest BCUT2D eigenvalue weighted by Crippen LogP contribution is 2.32. The molecule has 0 saturated heterocycles. The molecular weight excluding hydrogens is 328 g/mol. The van der Waals surface area contributed by atoms with Crippen molar-refractivity contribution in [3.05, 3.63) is 100 Å². The fraction of sp³-hybridized carbons (Fsp3) is 0.150. The third-order valence-corrected chi connectivity index (χ3v) is 3.69. The first-order valence-electron chi connectivity index (χ1n) is 8.19. The molecule has 2 aromatic carbocycles. The van der Waals surface area contributed by atoms with E-state index in [1.807, 2.05) is 60.7 Å². The van der Waals surface area contributed by atoms with Crippen molar-refractivity contribution in [3.8, 4) is 11.5 Å². The lowest BCUT2D eigenvalue weighted by Gasteiger charge is -2.15. The quantitative estimate of drug-likeness (QED) is 0.325. The molecule has 0 atom stereocenters. The molecule has 0 aliphatic rings. The number of hydrogen-bond donors (Lipinski definition) is 0. The largest absolute Gasteiger partial charge is 0.485 e. The Balaban J connectivity index is 1.80. The number of benzene rings is 2. The highest BCUT2D eigenvalue weighted by atomic mass is 16.5. The van der Waals surface area contributed by atoms with Crippen LogP contribution >= 0.6 is 0 Å². The molecule has 0 spiro atoms. The summed E-state index contributed by atoms with van der Waals surface area (Å²) in [6.07, 6.45) is 1.62. The van der Waals surface area contributed by atoms with Crippen LogP contribution in [0.1, 0.15) is 16.8 Å². The average molecular weight is 346 g/mol. The Bertz CT molecular complexity index is 879. The molecule has 0 bridgehead atoms. The van der Waals surface area contributed by atoms with Crippen LogP contribution in [0.15, 0.2) is 78.0 Å². The SMILES string of the molecule is [N-]=[N+]=NCc1nccc(OCc2ccccc2)c1OCc1ccccc1. The van der Waals surface area contributed by atoms with Crippen molar-refractivity contribution < 1.29 is 9.47 Å². The molecule has 6 nitrogen and oxygen atoms in total. The zero-order valence-corrected chi connectivity index (χ0v) is 14.2. The van der Waals surface area contributed by atoms with Crippen LogP contribution in [0.3, 0.4) is 0 Å². The van der Waals surface area contributed by atoms with Gasteiger partial charge in [-0.15, -0.1) is 0 Å². The molecule has 0 amide bonds. The minimum Gasteiger partial charge on any atom is -0.485 e. The van der Waals surface area contributed by atoms with Gasteiger partial charge in [0.05, 0.1) is 12.2 Å². The first kappa shape index (κ1) is 17.3. The van der Waals surface area contributed by atoms with Crippen LogP contribution in [0.2, 0.25) is 0 Å². The summed E-state index contributed by atoms with van der Waals surface area (Å²) in [5.41, 5.74) is 11.2. The van der Waals surface area contributed by atoms with Gasteiger partial charge in [-0.1, -0.05) is 65.8 Å². The Morgan fingerprint density at radius 2 is 1.46 bits per heavy atom. The number of aromatic nitrogens is 1. The van der Waals surface area contributed by atoms with Crippen molar-refractivity contribution in [3.63, 3.8) is 0 Å². The van der Waals surface area contributed by atoms with Gasteiger partial charge in [-0.2, -0.15) is 0 Å². The molecule has 3 aromatic rings. The minimum absolute atomic E-state index is 0.100. The van der Waals surface area contributed by atoms with E-state index in [0.29, 0.717) is 30.4 Å². The number of ether oxygens (including phenoxy) is 2. The maximum atomic E-state index is 8.61. The summed E-state index contributed by atoms with van der Waals surface area (Å²) in [7, 11) is 0. The van der Waals surface area contributed by atoms with Gasteiger partial charge in [0.1, 0.15) is 13.2 Å². The van der Waals surface area contributed by atoms with Crippen LogP contribution in [0, 0.1) is 0 Å². The van der Waals surface area contributed by atoms with Crippen molar-refractivity contribution in [1.29, 1.82) is 0 Å². The number of pyridine rings is 1. The molecule has 0 fully saturated rings. The van der Waals surface area contributed by atoms with Crippen molar-refractivity contribution in [2.24, 2.45) is 5.11 Å². The summed E-state index contributed by atoms with van der Waals surface area (Å²) >= 11 is 0. The van der Waals surface area contributed by atoms with Crippen molar-refractivity contribution in [2.75, 3.05) is 0 Å². The molecule has 0 unspecified atom stereocenters. The number of hydrogen-bond acceptors (Lipinski definition) is 4. The van der Waals surface area contributed by atoms with Gasteiger partial charge in [0.25, 0.3) is 0 Å². The maximum absolute atomic E-state index is 8.61. The molecule has 130 valence electrons. The summed E-state index contributed by atoms with van der Waals surface area (Å²) < 4.78 is 11.9. The van der Waals surface area contributed by atoms with Gasteiger partial charge in [-0.05, 0) is 16.7 Å². The van der Waals surface area contributed by atoms with Gasteiger partial charge < -0.3 is 9.47 Å². The Morgan fingerprint density at radius 3 is 2.08 bits per heavy atom. The standard InChI is InChI=1S/C20H18N4O2/c21-24-23-13-18-20(26-15-17-9-5-2-6-10-17)19(11-12-22-18)25-14-16-7-3-1-4-8-16/h1-12H,13-15H2. The third kappa shape index (κ3) is 4.75. The molecule has 3 rings (SSSR count). The molecule has 0 aliphatic carbocycles. The first-order valence-corrected chi connectivity index (χ1v) is 8.19. The van der Waals surface area contributed by atoms with E-state index in [0.717, 1.165) is 11.1 Å². The minimum atomic E-state index is 0.100. The molecule has 6 heteroatoms. The summed E-state index contributed by atoms with van der Waals surface area (Å²) in [4.78, 5) is 7.08. The fourth-order valence-electron chi connectivity index (χ4n) is 2.42. The second-order valence-corrected chi connectivity index (χ2v) is 5.52. The van der Waals surface area contributed by atoms with Crippen LogP contribution in [-0.2, 0) is 19.8 Å². The fourth-order valence-corrected chi connectivity index (χ4v) is 2.42. The van der Waals surface area contributed by atoms with Crippen LogP contribution in [0.5, 0.6) is 11.5 Å². The summed E-state index contributed by atoms with van der Waals surface area (Å²) in [5.74, 6) is 1.07. The highest BCUT2D eigenvalue weighted by molar-refractivity contribution is 5.43. The molecule has 0 radical (unpaired) electrons. The van der Waals surface area contributed by atoms with Crippen LogP contribution in [0.25, 0.3) is 10.4 Å². The van der Waals surface area contributed by atoms with E-state index in [-0.39, 0.29) is 6.54 Å². The van der Waals surface area contributed by atoms with E-state index in [9.17, 15) is 0 Å². The smallest absolute Gasteiger partial charge is 0.183 e. The monoisotopic (exact) mass is 346 g/mol. The zero-order chi connectivity index (χ0) is 18.0. The van der Waals surface area contributed by atoms with Gasteiger partial charge in [0, 0.05) is 17.2 Å². The summed E-state index contributed by atoms with van der Waals surface area (Å²) in [5, 5.41) is 3.60. The Morgan fingerprint density at radius 1 is 0.846 bits per heavy atom. The molecule has 1 heterocycles. The van der Waals surface area contributed by atoms with Crippen LogP contribution in [-0.4, -0.2) is 4.98 Å². The highest BCUT2D eigenvalue weighted by Gasteiger charge is 2.13. The summed E-state index contributed by atoms with van der Waals surface area (Å²) in [6.45, 7) is 0.883. The van der Waals surface area contributed by atoms with E-state index in [1.54, 1.807) is 12.3 Å². The molecule has 0 N–H and O–H groups in total. The molecule has 26 heavy (non-hydrogen) atoms. The molecule has 0 saturated carbocycles. The second-order valence-electron chi connectivity index (χ2n) is 5.52. The van der Waals surface area contributed by atoms with Gasteiger partial charge in [0.15, 0.2) is 11.5 Å².